The van der Waals surface area contributed by atoms with Crippen LogP contribution in [0.3, 0.4) is 0 Å². The zero-order valence-electron chi connectivity index (χ0n) is 10.2. The number of hydrogen-bond acceptors (Lipinski definition) is 3. The molecular formula is C13H12ClNO3S. The molecule has 0 radical (unpaired) electrons. The van der Waals surface area contributed by atoms with Gasteiger partial charge >= 0.3 is 10.8 Å². The fourth-order valence-electron chi connectivity index (χ4n) is 1.78. The number of carboxylic acids is 1. The second-order valence-electron chi connectivity index (χ2n) is 4.15. The van der Waals surface area contributed by atoms with Gasteiger partial charge < -0.3 is 5.11 Å². The van der Waals surface area contributed by atoms with Gasteiger partial charge in [-0.25, -0.2) is 0 Å². The van der Waals surface area contributed by atoms with E-state index in [1.807, 2.05) is 19.1 Å². The topological polar surface area (TPSA) is 59.3 Å². The van der Waals surface area contributed by atoms with Gasteiger partial charge in [-0.2, -0.15) is 0 Å². The molecule has 100 valence electrons. The van der Waals surface area contributed by atoms with Gasteiger partial charge in [0, 0.05) is 16.9 Å². The summed E-state index contributed by atoms with van der Waals surface area (Å²) in [6.45, 7) is 2.06. The minimum Gasteiger partial charge on any atom is -0.481 e. The number of carboxylic acid groups (broad SMARTS) is 1. The molecule has 0 spiro atoms. The summed E-state index contributed by atoms with van der Waals surface area (Å²) in [5.74, 6) is -0.920. The van der Waals surface area contributed by atoms with E-state index in [0.717, 1.165) is 28.2 Å². The number of rotatable bonds is 4. The Morgan fingerprint density at radius 2 is 2.21 bits per heavy atom. The molecule has 0 bridgehead atoms. The molecule has 0 atom stereocenters. The highest BCUT2D eigenvalue weighted by Crippen LogP contribution is 2.25. The van der Waals surface area contributed by atoms with Crippen molar-refractivity contribution in [3.63, 3.8) is 0 Å². The molecule has 0 fully saturated rings. The van der Waals surface area contributed by atoms with E-state index < -0.39 is 5.97 Å². The summed E-state index contributed by atoms with van der Waals surface area (Å²) in [5, 5.41) is 11.1. The molecule has 0 aliphatic heterocycles. The average molecular weight is 298 g/mol. The molecule has 1 aromatic carbocycles. The maximum absolute atomic E-state index is 11.7. The third kappa shape index (κ3) is 3.05. The molecular weight excluding hydrogens is 286 g/mol. The lowest BCUT2D eigenvalue weighted by Gasteiger charge is -2.07. The molecule has 1 N–H and O–H groups in total. The molecule has 1 aromatic heterocycles. The van der Waals surface area contributed by atoms with Gasteiger partial charge in [-0.1, -0.05) is 29.0 Å². The quantitative estimate of drug-likeness (QED) is 0.943. The Bertz CT molecular complexity index is 675. The standard InChI is InChI=1S/C13H12ClNO3S/c1-8-6-9(2-3-10(8)14)11-7-19-13(18)15(11)5-4-12(16)17/h2-3,6-7H,4-5H2,1H3,(H,16,17). The Labute approximate surface area is 118 Å². The van der Waals surface area contributed by atoms with E-state index in [4.69, 9.17) is 16.7 Å². The molecule has 0 aliphatic rings. The highest BCUT2D eigenvalue weighted by molar-refractivity contribution is 7.07. The molecule has 0 saturated carbocycles. The summed E-state index contributed by atoms with van der Waals surface area (Å²) in [5.41, 5.74) is 2.52. The largest absolute Gasteiger partial charge is 0.481 e. The van der Waals surface area contributed by atoms with Gasteiger partial charge in [-0.3, -0.25) is 14.2 Å². The number of nitrogens with zero attached hydrogens (tertiary/aromatic N) is 1. The number of aryl methyl sites for hydroxylation is 1. The van der Waals surface area contributed by atoms with Crippen molar-refractivity contribution >= 4 is 28.9 Å². The van der Waals surface area contributed by atoms with Crippen molar-refractivity contribution in [2.24, 2.45) is 0 Å². The number of carbonyl (C=O) groups is 1. The van der Waals surface area contributed by atoms with Crippen LogP contribution < -0.4 is 4.87 Å². The molecule has 0 saturated heterocycles. The van der Waals surface area contributed by atoms with Gasteiger partial charge in [0.25, 0.3) is 0 Å². The first-order valence-corrected chi connectivity index (χ1v) is 6.91. The Hall–Kier alpha value is -1.59. The summed E-state index contributed by atoms with van der Waals surface area (Å²) in [6.07, 6.45) is -0.0732. The summed E-state index contributed by atoms with van der Waals surface area (Å²) in [6, 6.07) is 5.49. The monoisotopic (exact) mass is 297 g/mol. The van der Waals surface area contributed by atoms with Gasteiger partial charge in [0.2, 0.25) is 0 Å². The lowest BCUT2D eigenvalue weighted by Crippen LogP contribution is -2.16. The predicted octanol–water partition coefficient (Wildman–Crippen LogP) is 3.01. The first-order valence-electron chi connectivity index (χ1n) is 5.65. The van der Waals surface area contributed by atoms with Crippen LogP contribution in [0.25, 0.3) is 11.3 Å². The molecule has 0 aliphatic carbocycles. The molecule has 2 aromatic rings. The summed E-state index contributed by atoms with van der Waals surface area (Å²) < 4.78 is 1.49. The number of benzene rings is 1. The van der Waals surface area contributed by atoms with E-state index in [0.29, 0.717) is 5.02 Å². The SMILES string of the molecule is Cc1cc(-c2csc(=O)n2CCC(=O)O)ccc1Cl. The zero-order valence-corrected chi connectivity index (χ0v) is 11.8. The smallest absolute Gasteiger partial charge is 0.307 e. The van der Waals surface area contributed by atoms with Crippen molar-refractivity contribution in [1.29, 1.82) is 0 Å². The maximum atomic E-state index is 11.7. The van der Waals surface area contributed by atoms with Crippen molar-refractivity contribution in [3.8, 4) is 11.3 Å². The van der Waals surface area contributed by atoms with Gasteiger partial charge in [-0.15, -0.1) is 0 Å². The van der Waals surface area contributed by atoms with E-state index in [9.17, 15) is 9.59 Å². The van der Waals surface area contributed by atoms with Crippen LogP contribution in [0, 0.1) is 6.92 Å². The van der Waals surface area contributed by atoms with Crippen molar-refractivity contribution in [2.45, 2.75) is 19.9 Å². The molecule has 0 unspecified atom stereocenters. The first-order chi connectivity index (χ1) is 8.99. The second-order valence-corrected chi connectivity index (χ2v) is 5.37. The third-order valence-electron chi connectivity index (χ3n) is 2.79. The van der Waals surface area contributed by atoms with Gasteiger partial charge in [-0.05, 0) is 30.2 Å². The third-order valence-corrected chi connectivity index (χ3v) is 3.97. The van der Waals surface area contributed by atoms with E-state index >= 15 is 0 Å². The lowest BCUT2D eigenvalue weighted by molar-refractivity contribution is -0.137. The van der Waals surface area contributed by atoms with E-state index in [1.54, 1.807) is 11.4 Å². The van der Waals surface area contributed by atoms with Crippen LogP contribution in [0.2, 0.25) is 5.02 Å². The molecule has 1 heterocycles. The fourth-order valence-corrected chi connectivity index (χ4v) is 2.69. The highest BCUT2D eigenvalue weighted by Gasteiger charge is 2.11. The van der Waals surface area contributed by atoms with Crippen LogP contribution in [0.15, 0.2) is 28.4 Å². The Morgan fingerprint density at radius 3 is 2.84 bits per heavy atom. The predicted molar refractivity (Wildman–Crippen MR) is 76.0 cm³/mol. The van der Waals surface area contributed by atoms with E-state index in [1.165, 1.54) is 4.57 Å². The van der Waals surface area contributed by atoms with Crippen molar-refractivity contribution in [3.05, 3.63) is 43.8 Å². The normalized spacial score (nSPS) is 10.6. The van der Waals surface area contributed by atoms with Gasteiger partial charge in [0.05, 0.1) is 12.1 Å². The number of aliphatic carboxylic acids is 1. The maximum Gasteiger partial charge on any atom is 0.307 e. The summed E-state index contributed by atoms with van der Waals surface area (Å²) in [7, 11) is 0. The van der Waals surface area contributed by atoms with E-state index in [2.05, 4.69) is 0 Å². The highest BCUT2D eigenvalue weighted by atomic mass is 35.5. The number of aromatic nitrogens is 1. The van der Waals surface area contributed by atoms with Crippen LogP contribution in [0.4, 0.5) is 0 Å². The molecule has 4 nitrogen and oxygen atoms in total. The first kappa shape index (κ1) is 13.8. The van der Waals surface area contributed by atoms with Crippen LogP contribution in [0.1, 0.15) is 12.0 Å². The minimum atomic E-state index is -0.920. The van der Waals surface area contributed by atoms with E-state index in [-0.39, 0.29) is 17.8 Å². The van der Waals surface area contributed by atoms with Crippen molar-refractivity contribution in [2.75, 3.05) is 0 Å². The van der Waals surface area contributed by atoms with Gasteiger partial charge in [0.1, 0.15) is 0 Å². The number of thiazole rings is 1. The van der Waals surface area contributed by atoms with Crippen molar-refractivity contribution < 1.29 is 9.90 Å². The minimum absolute atomic E-state index is 0.0732. The number of hydrogen-bond donors (Lipinski definition) is 1. The lowest BCUT2D eigenvalue weighted by atomic mass is 10.1. The molecule has 6 heteroatoms. The number of halogens is 1. The average Bonchev–Trinajstić information content (AvgIpc) is 2.71. The molecule has 19 heavy (non-hydrogen) atoms. The Balaban J connectivity index is 2.41. The fraction of sp³-hybridized carbons (Fsp3) is 0.231. The van der Waals surface area contributed by atoms with Gasteiger partial charge in [0.15, 0.2) is 0 Å². The van der Waals surface area contributed by atoms with Crippen LogP contribution in [0.5, 0.6) is 0 Å². The zero-order chi connectivity index (χ0) is 14.0. The second kappa shape index (κ2) is 5.59. The van der Waals surface area contributed by atoms with Crippen molar-refractivity contribution in [1.82, 2.24) is 4.57 Å². The molecule has 2 rings (SSSR count). The molecule has 0 amide bonds. The van der Waals surface area contributed by atoms with Crippen LogP contribution in [-0.2, 0) is 11.3 Å². The Kier molecular flexibility index (Phi) is 4.07. The summed E-state index contributed by atoms with van der Waals surface area (Å²) in [4.78, 5) is 22.2. The van der Waals surface area contributed by atoms with Crippen LogP contribution in [-0.4, -0.2) is 15.6 Å². The Morgan fingerprint density at radius 1 is 1.47 bits per heavy atom. The summed E-state index contributed by atoms with van der Waals surface area (Å²) >= 11 is 7.04. The van der Waals surface area contributed by atoms with Crippen LogP contribution >= 0.6 is 22.9 Å².